The molecule has 0 rings (SSSR count). The van der Waals surface area contributed by atoms with Crippen LogP contribution in [0.5, 0.6) is 0 Å². The van der Waals surface area contributed by atoms with E-state index in [1.807, 2.05) is 14.1 Å². The molecule has 0 unspecified atom stereocenters. The van der Waals surface area contributed by atoms with Crippen molar-refractivity contribution >= 4 is 30.0 Å². The highest BCUT2D eigenvalue weighted by Gasteiger charge is 1.84. The minimum atomic E-state index is 0.244. The van der Waals surface area contributed by atoms with Crippen LogP contribution in [-0.2, 0) is 4.84 Å². The first-order chi connectivity index (χ1) is 5.66. The van der Waals surface area contributed by atoms with Gasteiger partial charge in [-0.15, -0.1) is 0 Å². The van der Waals surface area contributed by atoms with E-state index in [0.29, 0.717) is 0 Å². The summed E-state index contributed by atoms with van der Waals surface area (Å²) in [5, 5.41) is 0.244. The molecule has 0 radical (unpaired) electrons. The Balaban J connectivity index is 3.73. The maximum atomic E-state index is 4.77. The molecule has 0 aromatic carbocycles. The van der Waals surface area contributed by atoms with Crippen molar-refractivity contribution in [1.29, 1.82) is 0 Å². The second-order valence-corrected chi connectivity index (χ2v) is 2.44. The Morgan fingerprint density at radius 2 is 2.17 bits per heavy atom. The van der Waals surface area contributed by atoms with Crippen LogP contribution in [0.25, 0.3) is 0 Å². The molecule has 0 spiro atoms. The molecule has 5 nitrogen and oxygen atoms in total. The summed E-state index contributed by atoms with van der Waals surface area (Å²) in [6, 6.07) is 0. The van der Waals surface area contributed by atoms with Gasteiger partial charge in [0.2, 0.25) is 5.11 Å². The minimum Gasteiger partial charge on any atom is -0.369 e. The summed E-state index contributed by atoms with van der Waals surface area (Å²) in [5.41, 5.74) is 2.40. The summed E-state index contributed by atoms with van der Waals surface area (Å²) in [7, 11) is 5.19. The molecular weight excluding hydrogens is 176 g/mol. The Bertz CT molecular complexity index is 190. The van der Waals surface area contributed by atoms with Crippen LogP contribution in [0.15, 0.2) is 9.98 Å². The lowest BCUT2D eigenvalue weighted by atomic mass is 10.9. The van der Waals surface area contributed by atoms with Gasteiger partial charge in [0.25, 0.3) is 0 Å². The summed E-state index contributed by atoms with van der Waals surface area (Å²) in [4.78, 5) is 13.8. The fourth-order valence-corrected chi connectivity index (χ4v) is 0.432. The van der Waals surface area contributed by atoms with Crippen LogP contribution >= 0.6 is 12.2 Å². The highest BCUT2D eigenvalue weighted by atomic mass is 32.1. The third-order valence-corrected chi connectivity index (χ3v) is 0.955. The number of aliphatic imine (C=N–C) groups is 2. The van der Waals surface area contributed by atoms with E-state index in [1.165, 1.54) is 13.4 Å². The molecule has 0 atom stereocenters. The molecule has 0 saturated heterocycles. The molecule has 68 valence electrons. The summed E-state index contributed by atoms with van der Waals surface area (Å²) >= 11 is 4.77. The summed E-state index contributed by atoms with van der Waals surface area (Å²) in [5.74, 6) is 0. The van der Waals surface area contributed by atoms with E-state index in [9.17, 15) is 0 Å². The summed E-state index contributed by atoms with van der Waals surface area (Å²) in [6.45, 7) is 0. The Hall–Kier alpha value is -1.01. The van der Waals surface area contributed by atoms with E-state index in [0.717, 1.165) is 0 Å². The Morgan fingerprint density at radius 1 is 1.50 bits per heavy atom. The standard InChI is InChI=1S/C6H12N4OS/c1-10(2)5-8-6(12)7-4-9-11-3/h4-5H,1-3H3,(H,7,9,12)/b8-5+. The average Bonchev–Trinajstić information content (AvgIpc) is 2.01. The molecule has 0 aromatic heterocycles. The first kappa shape index (κ1) is 11.0. The highest BCUT2D eigenvalue weighted by molar-refractivity contribution is 7.80. The fourth-order valence-electron chi connectivity index (χ4n) is 0.332. The van der Waals surface area contributed by atoms with E-state index in [2.05, 4.69) is 20.3 Å². The molecule has 0 aliphatic carbocycles. The predicted molar refractivity (Wildman–Crippen MR) is 53.4 cm³/mol. The molecular formula is C6H12N4OS. The lowest BCUT2D eigenvalue weighted by molar-refractivity contribution is 0.148. The van der Waals surface area contributed by atoms with Gasteiger partial charge in [-0.1, -0.05) is 0 Å². The number of nitrogens with one attached hydrogen (secondary N) is 1. The van der Waals surface area contributed by atoms with Gasteiger partial charge in [0.15, 0.2) is 0 Å². The van der Waals surface area contributed by atoms with Crippen LogP contribution in [0.3, 0.4) is 0 Å². The fraction of sp³-hybridized carbons (Fsp3) is 0.500. The summed E-state index contributed by atoms with van der Waals surface area (Å²) in [6.07, 6.45) is 2.90. The van der Waals surface area contributed by atoms with Gasteiger partial charge in [0.1, 0.15) is 6.34 Å². The molecule has 0 heterocycles. The molecule has 0 aliphatic rings. The van der Waals surface area contributed by atoms with Crippen molar-refractivity contribution in [3.05, 3.63) is 0 Å². The zero-order chi connectivity index (χ0) is 9.40. The minimum absolute atomic E-state index is 0.244. The lowest BCUT2D eigenvalue weighted by Crippen LogP contribution is -2.10. The van der Waals surface area contributed by atoms with Crippen LogP contribution in [0, 0.1) is 0 Å². The van der Waals surface area contributed by atoms with Crippen molar-refractivity contribution < 1.29 is 4.84 Å². The van der Waals surface area contributed by atoms with Crippen molar-refractivity contribution in [3.63, 3.8) is 0 Å². The number of thiocarbonyl (C=S) groups is 1. The average molecular weight is 188 g/mol. The first-order valence-electron chi connectivity index (χ1n) is 3.22. The number of hydrogen-bond acceptors (Lipinski definition) is 2. The van der Waals surface area contributed by atoms with Crippen LogP contribution in [-0.4, -0.2) is 43.9 Å². The van der Waals surface area contributed by atoms with Crippen LogP contribution < -0.4 is 5.48 Å². The van der Waals surface area contributed by atoms with Crippen molar-refractivity contribution in [2.45, 2.75) is 0 Å². The predicted octanol–water partition coefficient (Wildman–Crippen LogP) is 0.0405. The highest BCUT2D eigenvalue weighted by Crippen LogP contribution is 1.80. The SMILES string of the molecule is CON/C=N/C(=S)/N=C/N(C)C. The van der Waals surface area contributed by atoms with Gasteiger partial charge in [0, 0.05) is 14.1 Å². The Labute approximate surface area is 77.1 Å². The molecule has 1 N–H and O–H groups in total. The van der Waals surface area contributed by atoms with Gasteiger partial charge in [0.05, 0.1) is 13.4 Å². The third-order valence-electron chi connectivity index (χ3n) is 0.745. The van der Waals surface area contributed by atoms with E-state index >= 15 is 0 Å². The van der Waals surface area contributed by atoms with Crippen molar-refractivity contribution in [1.82, 2.24) is 10.4 Å². The largest absolute Gasteiger partial charge is 0.369 e. The number of nitrogens with zero attached hydrogens (tertiary/aromatic N) is 3. The molecule has 12 heavy (non-hydrogen) atoms. The van der Waals surface area contributed by atoms with E-state index in [1.54, 1.807) is 11.2 Å². The van der Waals surface area contributed by atoms with Gasteiger partial charge in [-0.05, 0) is 12.2 Å². The second-order valence-electron chi connectivity index (χ2n) is 2.07. The maximum absolute atomic E-state index is 4.77. The second kappa shape index (κ2) is 6.68. The molecule has 0 aliphatic heterocycles. The zero-order valence-electron chi connectivity index (χ0n) is 7.31. The Morgan fingerprint density at radius 3 is 2.67 bits per heavy atom. The van der Waals surface area contributed by atoms with Crippen molar-refractivity contribution in [3.8, 4) is 0 Å². The molecule has 0 fully saturated rings. The summed E-state index contributed by atoms with van der Waals surface area (Å²) < 4.78 is 0. The smallest absolute Gasteiger partial charge is 0.222 e. The van der Waals surface area contributed by atoms with Crippen LogP contribution in [0.4, 0.5) is 0 Å². The number of hydrogen-bond donors (Lipinski definition) is 1. The van der Waals surface area contributed by atoms with Crippen LogP contribution in [0.2, 0.25) is 0 Å². The maximum Gasteiger partial charge on any atom is 0.222 e. The molecule has 0 bridgehead atoms. The van der Waals surface area contributed by atoms with Crippen molar-refractivity contribution in [2.75, 3.05) is 21.2 Å². The van der Waals surface area contributed by atoms with Gasteiger partial charge in [-0.25, -0.2) is 9.98 Å². The van der Waals surface area contributed by atoms with E-state index < -0.39 is 0 Å². The van der Waals surface area contributed by atoms with Gasteiger partial charge < -0.3 is 4.90 Å². The number of hydroxylamine groups is 1. The topological polar surface area (TPSA) is 49.2 Å². The Kier molecular flexibility index (Phi) is 6.12. The molecule has 6 heteroatoms. The number of rotatable bonds is 3. The van der Waals surface area contributed by atoms with Gasteiger partial charge >= 0.3 is 0 Å². The lowest BCUT2D eigenvalue weighted by Gasteiger charge is -2.00. The van der Waals surface area contributed by atoms with Crippen LogP contribution in [0.1, 0.15) is 0 Å². The van der Waals surface area contributed by atoms with Gasteiger partial charge in [-0.3, -0.25) is 10.3 Å². The normalized spacial score (nSPS) is 10.9. The monoisotopic (exact) mass is 188 g/mol. The zero-order valence-corrected chi connectivity index (χ0v) is 8.13. The van der Waals surface area contributed by atoms with E-state index in [4.69, 9.17) is 12.2 Å². The first-order valence-corrected chi connectivity index (χ1v) is 3.63. The molecule has 0 amide bonds. The quantitative estimate of drug-likeness (QED) is 0.294. The third kappa shape index (κ3) is 7.10. The van der Waals surface area contributed by atoms with Gasteiger partial charge in [-0.2, -0.15) is 0 Å². The molecule has 0 saturated carbocycles. The van der Waals surface area contributed by atoms with E-state index in [-0.39, 0.29) is 5.11 Å². The van der Waals surface area contributed by atoms with Crippen molar-refractivity contribution in [2.24, 2.45) is 9.98 Å². The molecule has 0 aromatic rings.